The van der Waals surface area contributed by atoms with Crippen LogP contribution in [-0.4, -0.2) is 0 Å². The largest absolute Gasteiger partial charge is 0.0955 e. The highest BCUT2D eigenvalue weighted by molar-refractivity contribution is 5.41. The van der Waals surface area contributed by atoms with E-state index in [0.717, 1.165) is 12.0 Å². The van der Waals surface area contributed by atoms with Crippen molar-refractivity contribution in [2.45, 2.75) is 41.0 Å². The van der Waals surface area contributed by atoms with Crippen molar-refractivity contribution in [3.05, 3.63) is 47.6 Å². The normalized spacial score (nSPS) is 15.8. The number of hydrogen-bond acceptors (Lipinski definition) is 0. The lowest BCUT2D eigenvalue weighted by Crippen LogP contribution is -1.96. The van der Waals surface area contributed by atoms with E-state index in [-0.39, 0.29) is 0 Å². The Kier molecular flexibility index (Phi) is 6.77. The zero-order valence-corrected chi connectivity index (χ0v) is 10.8. The van der Waals surface area contributed by atoms with Crippen LogP contribution in [0.2, 0.25) is 0 Å². The smallest absolute Gasteiger partial charge is 0.00454 e. The molecule has 0 aliphatic carbocycles. The Morgan fingerprint density at radius 3 is 2.33 bits per heavy atom. The average Bonchev–Trinajstić information content (AvgIpc) is 2.18. The van der Waals surface area contributed by atoms with Crippen LogP contribution in [0.3, 0.4) is 0 Å². The molecule has 0 N–H and O–H groups in total. The molecule has 0 bridgehead atoms. The van der Waals surface area contributed by atoms with Crippen LogP contribution in [0.1, 0.15) is 41.0 Å². The third kappa shape index (κ3) is 4.83. The van der Waals surface area contributed by atoms with Gasteiger partial charge in [-0.25, -0.2) is 0 Å². The molecule has 0 aliphatic rings. The van der Waals surface area contributed by atoms with E-state index in [2.05, 4.69) is 65.5 Å². The minimum Gasteiger partial charge on any atom is -0.0955 e. The molecule has 0 aromatic rings. The van der Waals surface area contributed by atoms with Crippen LogP contribution in [0.5, 0.6) is 0 Å². The summed E-state index contributed by atoms with van der Waals surface area (Å²) in [5.74, 6) is 0.489. The van der Waals surface area contributed by atoms with Gasteiger partial charge in [0.05, 0.1) is 0 Å². The summed E-state index contributed by atoms with van der Waals surface area (Å²) in [5.41, 5.74) is 3.83. The van der Waals surface area contributed by atoms with Gasteiger partial charge in [-0.3, -0.25) is 0 Å². The SMILES string of the molecule is C=C(C)C(/C=C\CC)=C(\C)C(C)/C=C\C. The molecule has 0 aromatic carbocycles. The molecule has 84 valence electrons. The summed E-state index contributed by atoms with van der Waals surface area (Å²) >= 11 is 0. The molecule has 0 radical (unpaired) electrons. The third-order valence-electron chi connectivity index (χ3n) is 2.57. The van der Waals surface area contributed by atoms with E-state index in [0.29, 0.717) is 5.92 Å². The van der Waals surface area contributed by atoms with Crippen molar-refractivity contribution >= 4 is 0 Å². The Labute approximate surface area is 95.1 Å². The number of hydrogen-bond donors (Lipinski definition) is 0. The van der Waals surface area contributed by atoms with Gasteiger partial charge in [0.1, 0.15) is 0 Å². The van der Waals surface area contributed by atoms with Crippen molar-refractivity contribution in [3.8, 4) is 0 Å². The molecular formula is C15H24. The summed E-state index contributed by atoms with van der Waals surface area (Å²) in [7, 11) is 0. The lowest BCUT2D eigenvalue weighted by molar-refractivity contribution is 0.850. The van der Waals surface area contributed by atoms with E-state index in [4.69, 9.17) is 0 Å². The average molecular weight is 204 g/mol. The second kappa shape index (κ2) is 7.28. The van der Waals surface area contributed by atoms with Gasteiger partial charge in [0, 0.05) is 0 Å². The van der Waals surface area contributed by atoms with Gasteiger partial charge in [-0.1, -0.05) is 55.9 Å². The first kappa shape index (κ1) is 14.0. The minimum absolute atomic E-state index is 0.489. The van der Waals surface area contributed by atoms with Crippen LogP contribution in [0.15, 0.2) is 47.6 Å². The van der Waals surface area contributed by atoms with Crippen LogP contribution >= 0.6 is 0 Å². The number of rotatable bonds is 5. The van der Waals surface area contributed by atoms with Crippen molar-refractivity contribution in [3.63, 3.8) is 0 Å². The number of allylic oxidation sites excluding steroid dienone is 7. The summed E-state index contributed by atoms with van der Waals surface area (Å²) in [4.78, 5) is 0. The highest BCUT2D eigenvalue weighted by atomic mass is 14.1. The third-order valence-corrected chi connectivity index (χ3v) is 2.57. The highest BCUT2D eigenvalue weighted by Crippen LogP contribution is 2.22. The molecule has 0 amide bonds. The summed E-state index contributed by atoms with van der Waals surface area (Å²) in [6.07, 6.45) is 9.78. The molecular weight excluding hydrogens is 180 g/mol. The molecule has 0 aromatic heterocycles. The molecule has 0 fully saturated rings. The Bertz CT molecular complexity index is 287. The highest BCUT2D eigenvalue weighted by Gasteiger charge is 2.05. The maximum absolute atomic E-state index is 4.04. The van der Waals surface area contributed by atoms with Crippen molar-refractivity contribution in [1.29, 1.82) is 0 Å². The lowest BCUT2D eigenvalue weighted by atomic mass is 9.93. The van der Waals surface area contributed by atoms with E-state index in [1.807, 2.05) is 0 Å². The maximum atomic E-state index is 4.04. The Morgan fingerprint density at radius 1 is 1.33 bits per heavy atom. The summed E-state index contributed by atoms with van der Waals surface area (Å²) in [5, 5.41) is 0. The molecule has 0 rings (SSSR count). The van der Waals surface area contributed by atoms with Crippen molar-refractivity contribution < 1.29 is 0 Å². The fourth-order valence-electron chi connectivity index (χ4n) is 1.52. The summed E-state index contributed by atoms with van der Waals surface area (Å²) in [6.45, 7) is 14.7. The maximum Gasteiger partial charge on any atom is -0.00454 e. The fourth-order valence-corrected chi connectivity index (χ4v) is 1.52. The van der Waals surface area contributed by atoms with Gasteiger partial charge in [0.25, 0.3) is 0 Å². The lowest BCUT2D eigenvalue weighted by Gasteiger charge is -2.13. The van der Waals surface area contributed by atoms with Crippen LogP contribution in [-0.2, 0) is 0 Å². The van der Waals surface area contributed by atoms with Crippen LogP contribution in [0.25, 0.3) is 0 Å². The zero-order chi connectivity index (χ0) is 11.8. The molecule has 0 nitrogen and oxygen atoms in total. The minimum atomic E-state index is 0.489. The molecule has 1 atom stereocenters. The molecule has 1 unspecified atom stereocenters. The first-order valence-corrected chi connectivity index (χ1v) is 5.70. The standard InChI is InChI=1S/C15H24/c1-7-9-11-15(12(3)4)14(6)13(5)10-8-2/h8-11,13H,3,7H2,1-2,4-6H3/b10-8-,11-9-,15-14+. The van der Waals surface area contributed by atoms with E-state index in [9.17, 15) is 0 Å². The predicted octanol–water partition coefficient (Wildman–Crippen LogP) is 5.06. The van der Waals surface area contributed by atoms with E-state index in [1.165, 1.54) is 11.1 Å². The second-order valence-corrected chi connectivity index (χ2v) is 4.00. The van der Waals surface area contributed by atoms with Crippen LogP contribution in [0, 0.1) is 5.92 Å². The molecule has 0 saturated heterocycles. The summed E-state index contributed by atoms with van der Waals surface area (Å²) < 4.78 is 0. The van der Waals surface area contributed by atoms with E-state index >= 15 is 0 Å². The van der Waals surface area contributed by atoms with Gasteiger partial charge in [0.2, 0.25) is 0 Å². The van der Waals surface area contributed by atoms with E-state index < -0.39 is 0 Å². The predicted molar refractivity (Wildman–Crippen MR) is 70.9 cm³/mol. The van der Waals surface area contributed by atoms with Crippen molar-refractivity contribution in [2.75, 3.05) is 0 Å². The fraction of sp³-hybridized carbons (Fsp3) is 0.467. The monoisotopic (exact) mass is 204 g/mol. The molecule has 0 heteroatoms. The molecule has 0 heterocycles. The van der Waals surface area contributed by atoms with Crippen molar-refractivity contribution in [2.24, 2.45) is 5.92 Å². The Hall–Kier alpha value is -1.04. The van der Waals surface area contributed by atoms with Gasteiger partial charge in [-0.2, -0.15) is 0 Å². The topological polar surface area (TPSA) is 0 Å². The van der Waals surface area contributed by atoms with Crippen LogP contribution < -0.4 is 0 Å². The Balaban J connectivity index is 5.07. The quantitative estimate of drug-likeness (QED) is 0.434. The van der Waals surface area contributed by atoms with Gasteiger partial charge in [-0.15, -0.1) is 0 Å². The molecule has 0 aliphatic heterocycles. The van der Waals surface area contributed by atoms with Gasteiger partial charge in [0.15, 0.2) is 0 Å². The van der Waals surface area contributed by atoms with E-state index in [1.54, 1.807) is 0 Å². The molecule has 15 heavy (non-hydrogen) atoms. The van der Waals surface area contributed by atoms with Gasteiger partial charge in [-0.05, 0) is 38.7 Å². The first-order valence-electron chi connectivity index (χ1n) is 5.70. The molecule has 0 spiro atoms. The van der Waals surface area contributed by atoms with Gasteiger partial charge >= 0.3 is 0 Å². The Morgan fingerprint density at radius 2 is 1.93 bits per heavy atom. The zero-order valence-electron chi connectivity index (χ0n) is 10.8. The van der Waals surface area contributed by atoms with Gasteiger partial charge < -0.3 is 0 Å². The second-order valence-electron chi connectivity index (χ2n) is 4.00. The summed E-state index contributed by atoms with van der Waals surface area (Å²) in [6, 6.07) is 0. The molecule has 0 saturated carbocycles. The van der Waals surface area contributed by atoms with Crippen molar-refractivity contribution in [1.82, 2.24) is 0 Å². The van der Waals surface area contributed by atoms with Crippen LogP contribution in [0.4, 0.5) is 0 Å². The first-order chi connectivity index (χ1) is 7.04.